The number of rotatable bonds is 6. The lowest BCUT2D eigenvalue weighted by molar-refractivity contribution is -0.143. The van der Waals surface area contributed by atoms with E-state index in [1.807, 2.05) is 0 Å². The molecule has 6 nitrogen and oxygen atoms in total. The molecule has 1 atom stereocenters. The highest BCUT2D eigenvalue weighted by Gasteiger charge is 2.41. The Bertz CT molecular complexity index is 397. The van der Waals surface area contributed by atoms with E-state index in [1.165, 1.54) is 0 Å². The Labute approximate surface area is 119 Å². The van der Waals surface area contributed by atoms with Crippen molar-refractivity contribution in [3.63, 3.8) is 0 Å². The quantitative estimate of drug-likeness (QED) is 0.542. The highest BCUT2D eigenvalue weighted by atomic mass is 16.5. The van der Waals surface area contributed by atoms with Crippen molar-refractivity contribution in [3.8, 4) is 0 Å². The third-order valence-corrected chi connectivity index (χ3v) is 3.85. The first-order valence-electron chi connectivity index (χ1n) is 7.37. The van der Waals surface area contributed by atoms with Gasteiger partial charge in [-0.2, -0.15) is 0 Å². The van der Waals surface area contributed by atoms with Gasteiger partial charge in [-0.3, -0.25) is 9.59 Å². The highest BCUT2D eigenvalue weighted by molar-refractivity contribution is 5.96. The van der Waals surface area contributed by atoms with Crippen LogP contribution >= 0.6 is 0 Å². The number of ether oxygens (including phenoxy) is 1. The normalized spacial score (nSPS) is 22.1. The van der Waals surface area contributed by atoms with Crippen LogP contribution in [0.3, 0.4) is 0 Å². The Morgan fingerprint density at radius 1 is 1.35 bits per heavy atom. The first-order valence-corrected chi connectivity index (χ1v) is 7.37. The van der Waals surface area contributed by atoms with Crippen molar-refractivity contribution < 1.29 is 19.1 Å². The zero-order chi connectivity index (χ0) is 14.5. The number of hydrogen-bond acceptors (Lipinski definition) is 4. The minimum atomic E-state index is -0.201. The van der Waals surface area contributed by atoms with Crippen LogP contribution < -0.4 is 0 Å². The van der Waals surface area contributed by atoms with Gasteiger partial charge in [0.15, 0.2) is 5.78 Å². The molecule has 20 heavy (non-hydrogen) atoms. The van der Waals surface area contributed by atoms with Crippen LogP contribution in [0.15, 0.2) is 0 Å². The molecular formula is C14H22N2O4. The second-order valence-electron chi connectivity index (χ2n) is 5.28. The van der Waals surface area contributed by atoms with Crippen LogP contribution in [0, 0.1) is 0 Å². The van der Waals surface area contributed by atoms with Crippen LogP contribution in [0.1, 0.15) is 39.0 Å². The maximum Gasteiger partial charge on any atom is 0.321 e. The van der Waals surface area contributed by atoms with Crippen molar-refractivity contribution in [1.29, 1.82) is 0 Å². The van der Waals surface area contributed by atoms with E-state index in [0.29, 0.717) is 32.5 Å². The number of carbonyl (C=O) groups excluding carboxylic acids is 3. The summed E-state index contributed by atoms with van der Waals surface area (Å²) in [5, 5.41) is 0. The molecule has 0 saturated carbocycles. The molecule has 2 fully saturated rings. The molecule has 0 aromatic carbocycles. The Morgan fingerprint density at radius 3 is 2.90 bits per heavy atom. The molecule has 6 heteroatoms. The molecular weight excluding hydrogens is 260 g/mol. The first-order chi connectivity index (χ1) is 9.63. The largest absolute Gasteiger partial charge is 0.466 e. The summed E-state index contributed by atoms with van der Waals surface area (Å²) in [5.74, 6) is -0.0550. The van der Waals surface area contributed by atoms with Crippen molar-refractivity contribution in [2.24, 2.45) is 0 Å². The van der Waals surface area contributed by atoms with Crippen molar-refractivity contribution in [3.05, 3.63) is 0 Å². The molecule has 0 radical (unpaired) electrons. The molecule has 2 saturated heterocycles. The SMILES string of the molecule is CCOC(=O)CCCCN1CC(=O)C2CCCN2C1=O. The van der Waals surface area contributed by atoms with Crippen LogP contribution in [-0.4, -0.2) is 59.9 Å². The van der Waals surface area contributed by atoms with E-state index in [-0.39, 0.29) is 30.4 Å². The van der Waals surface area contributed by atoms with Gasteiger partial charge in [0.1, 0.15) is 0 Å². The number of esters is 1. The molecule has 0 aliphatic carbocycles. The number of Topliss-reactive ketones (excluding diaryl/α,β-unsaturated/α-hetero) is 1. The number of ketones is 1. The predicted octanol–water partition coefficient (Wildman–Crippen LogP) is 1.19. The average molecular weight is 282 g/mol. The molecule has 2 rings (SSSR count). The van der Waals surface area contributed by atoms with Crippen molar-refractivity contribution in [2.75, 3.05) is 26.2 Å². The summed E-state index contributed by atoms with van der Waals surface area (Å²) in [7, 11) is 0. The summed E-state index contributed by atoms with van der Waals surface area (Å²) >= 11 is 0. The summed E-state index contributed by atoms with van der Waals surface area (Å²) in [5.41, 5.74) is 0. The fourth-order valence-electron chi connectivity index (χ4n) is 2.85. The second kappa shape index (κ2) is 6.72. The monoisotopic (exact) mass is 282 g/mol. The summed E-state index contributed by atoms with van der Waals surface area (Å²) < 4.78 is 4.85. The van der Waals surface area contributed by atoms with Crippen LogP contribution in [0.4, 0.5) is 4.79 Å². The summed E-state index contributed by atoms with van der Waals surface area (Å²) in [6, 6.07) is -0.207. The minimum absolute atomic E-state index is 0.0248. The van der Waals surface area contributed by atoms with Gasteiger partial charge in [-0.15, -0.1) is 0 Å². The molecule has 112 valence electrons. The smallest absolute Gasteiger partial charge is 0.321 e. The minimum Gasteiger partial charge on any atom is -0.466 e. The Hall–Kier alpha value is -1.59. The maximum atomic E-state index is 12.2. The molecule has 2 aliphatic heterocycles. The molecule has 2 heterocycles. The number of hydrogen-bond donors (Lipinski definition) is 0. The van der Waals surface area contributed by atoms with E-state index in [0.717, 1.165) is 19.3 Å². The van der Waals surface area contributed by atoms with Crippen LogP contribution in [0.5, 0.6) is 0 Å². The van der Waals surface area contributed by atoms with Crippen LogP contribution in [-0.2, 0) is 14.3 Å². The number of fused-ring (bicyclic) bond motifs is 1. The number of carbonyl (C=O) groups is 3. The standard InChI is InChI=1S/C14H22N2O4/c1-2-20-13(18)7-3-4-8-15-10-12(17)11-6-5-9-16(11)14(15)19/h11H,2-10H2,1H3. The topological polar surface area (TPSA) is 66.9 Å². The van der Waals surface area contributed by atoms with Gasteiger partial charge in [-0.1, -0.05) is 0 Å². The lowest BCUT2D eigenvalue weighted by Crippen LogP contribution is -2.57. The van der Waals surface area contributed by atoms with E-state index < -0.39 is 0 Å². The van der Waals surface area contributed by atoms with Gasteiger partial charge in [0.25, 0.3) is 0 Å². The van der Waals surface area contributed by atoms with Crippen LogP contribution in [0.25, 0.3) is 0 Å². The van der Waals surface area contributed by atoms with E-state index in [2.05, 4.69) is 0 Å². The van der Waals surface area contributed by atoms with Gasteiger partial charge in [-0.05, 0) is 32.6 Å². The second-order valence-corrected chi connectivity index (χ2v) is 5.28. The van der Waals surface area contributed by atoms with E-state index in [4.69, 9.17) is 4.74 Å². The molecule has 0 N–H and O–H groups in total. The number of unbranched alkanes of at least 4 members (excludes halogenated alkanes) is 1. The molecule has 0 aromatic heterocycles. The molecule has 0 aromatic rings. The van der Waals surface area contributed by atoms with Gasteiger partial charge in [0.05, 0.1) is 19.2 Å². The third kappa shape index (κ3) is 3.29. The zero-order valence-electron chi connectivity index (χ0n) is 12.0. The van der Waals surface area contributed by atoms with Crippen LogP contribution in [0.2, 0.25) is 0 Å². The highest BCUT2D eigenvalue weighted by Crippen LogP contribution is 2.24. The molecule has 0 bridgehead atoms. The summed E-state index contributed by atoms with van der Waals surface area (Å²) in [6.07, 6.45) is 3.49. The van der Waals surface area contributed by atoms with Crippen molar-refractivity contribution in [1.82, 2.24) is 9.80 Å². The number of nitrogens with zero attached hydrogens (tertiary/aromatic N) is 2. The maximum absolute atomic E-state index is 12.2. The van der Waals surface area contributed by atoms with Crippen molar-refractivity contribution >= 4 is 17.8 Å². The Kier molecular flexibility index (Phi) is 4.98. The van der Waals surface area contributed by atoms with Gasteiger partial charge in [0.2, 0.25) is 0 Å². The Morgan fingerprint density at radius 2 is 2.15 bits per heavy atom. The third-order valence-electron chi connectivity index (χ3n) is 3.85. The predicted molar refractivity (Wildman–Crippen MR) is 72.2 cm³/mol. The van der Waals surface area contributed by atoms with Crippen molar-refractivity contribution in [2.45, 2.75) is 45.1 Å². The first kappa shape index (κ1) is 14.8. The lowest BCUT2D eigenvalue weighted by Gasteiger charge is -2.36. The fraction of sp³-hybridized carbons (Fsp3) is 0.786. The molecule has 2 aliphatic rings. The number of urea groups is 1. The van der Waals surface area contributed by atoms with Gasteiger partial charge >= 0.3 is 12.0 Å². The summed E-state index contributed by atoms with van der Waals surface area (Å²) in [6.45, 7) is 3.62. The van der Waals surface area contributed by atoms with Gasteiger partial charge in [-0.25, -0.2) is 4.79 Å². The molecule has 2 amide bonds. The van der Waals surface area contributed by atoms with E-state index in [1.54, 1.807) is 16.7 Å². The van der Waals surface area contributed by atoms with Gasteiger partial charge in [0, 0.05) is 19.5 Å². The average Bonchev–Trinajstić information content (AvgIpc) is 2.90. The fourth-order valence-corrected chi connectivity index (χ4v) is 2.85. The lowest BCUT2D eigenvalue weighted by atomic mass is 10.1. The Balaban J connectivity index is 1.74. The zero-order valence-corrected chi connectivity index (χ0v) is 12.0. The number of amides is 2. The molecule has 0 spiro atoms. The van der Waals surface area contributed by atoms with E-state index >= 15 is 0 Å². The molecule has 1 unspecified atom stereocenters. The van der Waals surface area contributed by atoms with E-state index in [9.17, 15) is 14.4 Å². The van der Waals surface area contributed by atoms with Gasteiger partial charge < -0.3 is 14.5 Å². The summed E-state index contributed by atoms with van der Waals surface area (Å²) in [4.78, 5) is 38.6.